The van der Waals surface area contributed by atoms with E-state index in [0.29, 0.717) is 11.8 Å². The van der Waals surface area contributed by atoms with Crippen LogP contribution in [0, 0.1) is 0 Å². The van der Waals surface area contributed by atoms with E-state index >= 15 is 0 Å². The zero-order valence-electron chi connectivity index (χ0n) is 22.8. The standard InChI is InChI=1S/C30H44N2.Ni/c1-19(2)24-14-13-15-25(20(3)4)28(24)32-22(6)21(5)31-27-18-23(29(7,8)9)16-17-26(27)30(10,11)12;/h13-20H,1-12H3;/q;+3. The summed E-state index contributed by atoms with van der Waals surface area (Å²) in [6.07, 6.45) is 0. The Morgan fingerprint density at radius 2 is 1.33 bits per heavy atom. The van der Waals surface area contributed by atoms with Crippen LogP contribution in [0.4, 0.5) is 11.4 Å². The normalized spacial score (nSPS) is 14.2. The molecular formula is C30H44N2Ni+3. The summed E-state index contributed by atoms with van der Waals surface area (Å²) in [6, 6.07) is 13.3. The molecule has 181 valence electrons. The monoisotopic (exact) mass is 490 g/mol. The first-order chi connectivity index (χ1) is 15.1. The molecule has 0 heterocycles. The number of aliphatic imine (C=N–C) groups is 1. The Hall–Kier alpha value is -1.73. The van der Waals surface area contributed by atoms with Crippen LogP contribution in [0.5, 0.6) is 0 Å². The number of benzene rings is 2. The second-order valence-corrected chi connectivity index (χ2v) is 12.3. The van der Waals surface area contributed by atoms with Gasteiger partial charge in [0.2, 0.25) is 0 Å². The molecule has 0 radical (unpaired) electrons. The Morgan fingerprint density at radius 1 is 0.818 bits per heavy atom. The van der Waals surface area contributed by atoms with E-state index < -0.39 is 0 Å². The first kappa shape index (κ1) is 27.5. The van der Waals surface area contributed by atoms with Gasteiger partial charge in [0.1, 0.15) is 0 Å². The molecule has 2 rings (SSSR count). The third kappa shape index (κ3) is 6.45. The van der Waals surface area contributed by atoms with Crippen molar-refractivity contribution in [2.24, 2.45) is 4.99 Å². The van der Waals surface area contributed by atoms with Gasteiger partial charge in [-0.3, -0.25) is 0 Å². The second kappa shape index (κ2) is 10.3. The quantitative estimate of drug-likeness (QED) is 0.293. The fraction of sp³-hybridized carbons (Fsp3) is 0.533. The fourth-order valence-electron chi connectivity index (χ4n) is 4.01. The molecule has 0 aromatic heterocycles. The molecule has 0 saturated heterocycles. The van der Waals surface area contributed by atoms with Gasteiger partial charge in [0.05, 0.1) is 0 Å². The summed E-state index contributed by atoms with van der Waals surface area (Å²) in [4.78, 5) is 5.17. The molecule has 2 aromatic carbocycles. The van der Waals surface area contributed by atoms with Crippen molar-refractivity contribution in [3.05, 3.63) is 58.7 Å². The molecular weight excluding hydrogens is 447 g/mol. The van der Waals surface area contributed by atoms with E-state index in [0.717, 1.165) is 22.8 Å². The van der Waals surface area contributed by atoms with Crippen LogP contribution >= 0.6 is 0 Å². The Morgan fingerprint density at radius 3 is 1.76 bits per heavy atom. The van der Waals surface area contributed by atoms with Crippen LogP contribution in [-0.4, -0.2) is 15.1 Å². The van der Waals surface area contributed by atoms with Crippen molar-refractivity contribution in [2.75, 3.05) is 0 Å². The first-order valence-electron chi connectivity index (χ1n) is 12.2. The van der Waals surface area contributed by atoms with Crippen molar-refractivity contribution in [3.8, 4) is 0 Å². The molecule has 0 saturated carbocycles. The molecule has 0 amide bonds. The minimum atomic E-state index is 0.00869. The third-order valence-electron chi connectivity index (χ3n) is 6.28. The Balaban J connectivity index is 2.75. The molecule has 0 spiro atoms. The van der Waals surface area contributed by atoms with Crippen molar-refractivity contribution in [3.63, 3.8) is 0 Å². The van der Waals surface area contributed by atoms with Gasteiger partial charge < -0.3 is 0 Å². The second-order valence-electron chi connectivity index (χ2n) is 11.9. The van der Waals surface area contributed by atoms with Crippen LogP contribution in [-0.2, 0) is 26.5 Å². The maximum atomic E-state index is 5.65. The number of rotatable bonds is 5. The molecule has 0 fully saturated rings. The van der Waals surface area contributed by atoms with Crippen LogP contribution in [0.25, 0.3) is 0 Å². The van der Waals surface area contributed by atoms with Gasteiger partial charge in [-0.2, -0.15) is 0 Å². The van der Waals surface area contributed by atoms with Gasteiger partial charge in [0.15, 0.2) is 0 Å². The Bertz CT molecular complexity index is 1030. The molecule has 0 aliphatic heterocycles. The summed E-state index contributed by atoms with van der Waals surface area (Å²) in [5, 5.41) is 0. The van der Waals surface area contributed by atoms with Crippen LogP contribution in [0.3, 0.4) is 0 Å². The van der Waals surface area contributed by atoms with E-state index in [9.17, 15) is 0 Å². The maximum absolute atomic E-state index is 5.65. The van der Waals surface area contributed by atoms with Gasteiger partial charge in [0.25, 0.3) is 0 Å². The van der Waals surface area contributed by atoms with Gasteiger partial charge in [-0.15, -0.1) is 0 Å². The summed E-state index contributed by atoms with van der Waals surface area (Å²) in [6.45, 7) is 26.6. The molecule has 0 bridgehead atoms. The first-order valence-corrected chi connectivity index (χ1v) is 12.6. The summed E-state index contributed by atoms with van der Waals surface area (Å²) < 4.78 is 1.98. The summed E-state index contributed by atoms with van der Waals surface area (Å²) >= 11 is 5.65. The molecule has 2 nitrogen and oxygen atoms in total. The van der Waals surface area contributed by atoms with E-state index in [4.69, 9.17) is 20.7 Å². The topological polar surface area (TPSA) is 15.4 Å². The number of hydrogen-bond donors (Lipinski definition) is 0. The van der Waals surface area contributed by atoms with Gasteiger partial charge in [-0.05, 0) is 0 Å². The van der Waals surface area contributed by atoms with Crippen LogP contribution in [0.15, 0.2) is 41.4 Å². The minimum absolute atomic E-state index is 0.00869. The SMILES string of the molecule is CC(=Nc1cc(C(C)(C)C)ccc1C(C)(C)C)C(C)=[N+]([Ni+2])c1c(C(C)C)cccc1C(C)C. The van der Waals surface area contributed by atoms with E-state index in [1.54, 1.807) is 0 Å². The van der Waals surface area contributed by atoms with Gasteiger partial charge in [-0.25, -0.2) is 0 Å². The molecule has 2 aromatic rings. The number of nitrogens with zero attached hydrogens (tertiary/aromatic N) is 2. The third-order valence-corrected chi connectivity index (χ3v) is 6.83. The molecule has 3 heteroatoms. The molecule has 0 N–H and O–H groups in total. The Kier molecular flexibility index (Phi) is 8.56. The average molecular weight is 491 g/mol. The predicted octanol–water partition coefficient (Wildman–Crippen LogP) is 8.89. The number of hydrogen-bond acceptors (Lipinski definition) is 1. The van der Waals surface area contributed by atoms with Crippen molar-refractivity contribution < 1.29 is 19.3 Å². The van der Waals surface area contributed by atoms with Gasteiger partial charge in [0, 0.05) is 0 Å². The van der Waals surface area contributed by atoms with Gasteiger partial charge in [-0.1, -0.05) is 0 Å². The Labute approximate surface area is 211 Å². The van der Waals surface area contributed by atoms with E-state index in [1.807, 2.05) is 3.66 Å². The van der Waals surface area contributed by atoms with Crippen molar-refractivity contribution in [1.82, 2.24) is 0 Å². The van der Waals surface area contributed by atoms with Crippen molar-refractivity contribution in [1.29, 1.82) is 0 Å². The summed E-state index contributed by atoms with van der Waals surface area (Å²) in [5.74, 6) is 0.801. The van der Waals surface area contributed by atoms with E-state index in [2.05, 4.69) is 119 Å². The average Bonchev–Trinajstić information content (AvgIpc) is 2.70. The summed E-state index contributed by atoms with van der Waals surface area (Å²) in [5.41, 5.74) is 9.41. The number of para-hydroxylation sites is 1. The van der Waals surface area contributed by atoms with Gasteiger partial charge >= 0.3 is 212 Å². The zero-order chi connectivity index (χ0) is 25.3. The van der Waals surface area contributed by atoms with Crippen LogP contribution < -0.4 is 0 Å². The molecule has 0 aliphatic carbocycles. The zero-order valence-corrected chi connectivity index (χ0v) is 23.8. The molecule has 0 unspecified atom stereocenters. The van der Waals surface area contributed by atoms with Crippen molar-refractivity contribution in [2.45, 2.75) is 106 Å². The van der Waals surface area contributed by atoms with Crippen molar-refractivity contribution >= 4 is 22.8 Å². The van der Waals surface area contributed by atoms with Crippen LogP contribution in [0.2, 0.25) is 0 Å². The van der Waals surface area contributed by atoms with E-state index in [1.165, 1.54) is 22.3 Å². The predicted molar refractivity (Wildman–Crippen MR) is 142 cm³/mol. The molecule has 0 atom stereocenters. The molecule has 33 heavy (non-hydrogen) atoms. The van der Waals surface area contributed by atoms with Crippen LogP contribution in [0.1, 0.15) is 117 Å². The summed E-state index contributed by atoms with van der Waals surface area (Å²) in [7, 11) is 0. The molecule has 0 aliphatic rings. The fourth-order valence-corrected chi connectivity index (χ4v) is 4.42. The van der Waals surface area contributed by atoms with E-state index in [-0.39, 0.29) is 10.8 Å².